The number of hydrogen-bond donors (Lipinski definition) is 1. The van der Waals surface area contributed by atoms with Crippen LogP contribution in [-0.2, 0) is 11.3 Å². The van der Waals surface area contributed by atoms with Gasteiger partial charge in [0.05, 0.1) is 5.92 Å². The van der Waals surface area contributed by atoms with Crippen LogP contribution in [0.5, 0.6) is 0 Å². The zero-order valence-corrected chi connectivity index (χ0v) is 14.4. The number of carbonyl (C=O) groups excluding carboxylic acids is 1. The lowest BCUT2D eigenvalue weighted by Crippen LogP contribution is -2.33. The van der Waals surface area contributed by atoms with E-state index in [1.165, 1.54) is 32.1 Å². The normalized spacial score (nSPS) is 16.7. The van der Waals surface area contributed by atoms with Crippen molar-refractivity contribution in [3.05, 3.63) is 60.4 Å². The first-order valence-corrected chi connectivity index (χ1v) is 9.26. The van der Waals surface area contributed by atoms with Crippen LogP contribution in [-0.4, -0.2) is 17.0 Å². The van der Waals surface area contributed by atoms with E-state index >= 15 is 0 Å². The second-order valence-corrected chi connectivity index (χ2v) is 6.91. The third-order valence-electron chi connectivity index (χ3n) is 5.15. The van der Waals surface area contributed by atoms with Crippen molar-refractivity contribution in [3.63, 3.8) is 0 Å². The molecule has 1 aliphatic carbocycles. The van der Waals surface area contributed by atoms with Gasteiger partial charge in [-0.1, -0.05) is 62.4 Å². The molecule has 1 heterocycles. The molecule has 24 heavy (non-hydrogen) atoms. The van der Waals surface area contributed by atoms with Gasteiger partial charge in [0.15, 0.2) is 0 Å². The summed E-state index contributed by atoms with van der Waals surface area (Å²) in [6, 6.07) is 14.3. The van der Waals surface area contributed by atoms with Crippen molar-refractivity contribution in [2.45, 2.75) is 51.0 Å². The van der Waals surface area contributed by atoms with Crippen molar-refractivity contribution < 1.29 is 4.79 Å². The molecule has 0 aliphatic heterocycles. The van der Waals surface area contributed by atoms with Crippen LogP contribution >= 0.6 is 0 Å². The zero-order chi connectivity index (χ0) is 16.6. The fourth-order valence-corrected chi connectivity index (χ4v) is 3.79. The minimum absolute atomic E-state index is 0.0148. The van der Waals surface area contributed by atoms with Gasteiger partial charge in [0.25, 0.3) is 0 Å². The molecule has 1 N–H and O–H groups in total. The Morgan fingerprint density at radius 2 is 1.75 bits per heavy atom. The van der Waals surface area contributed by atoms with Crippen molar-refractivity contribution >= 4 is 5.91 Å². The molecular formula is C21H28N2O. The molecule has 0 saturated heterocycles. The monoisotopic (exact) mass is 324 g/mol. The highest BCUT2D eigenvalue weighted by Gasteiger charge is 2.25. The summed E-state index contributed by atoms with van der Waals surface area (Å²) in [5.74, 6) is 0.858. The van der Waals surface area contributed by atoms with Crippen LogP contribution in [0.2, 0.25) is 0 Å². The van der Waals surface area contributed by atoms with Gasteiger partial charge in [-0.3, -0.25) is 4.79 Å². The molecule has 2 aromatic rings. The molecular weight excluding hydrogens is 296 g/mol. The maximum Gasteiger partial charge on any atom is 0.227 e. The summed E-state index contributed by atoms with van der Waals surface area (Å²) < 4.78 is 2.10. The summed E-state index contributed by atoms with van der Waals surface area (Å²) in [6.45, 7) is 1.51. The summed E-state index contributed by atoms with van der Waals surface area (Å²) in [6.07, 6.45) is 11.6. The summed E-state index contributed by atoms with van der Waals surface area (Å²) >= 11 is 0. The Labute approximate surface area is 145 Å². The number of benzene rings is 1. The van der Waals surface area contributed by atoms with Crippen LogP contribution in [0.3, 0.4) is 0 Å². The van der Waals surface area contributed by atoms with Crippen LogP contribution in [0.1, 0.15) is 50.0 Å². The van der Waals surface area contributed by atoms with Gasteiger partial charge in [-0.15, -0.1) is 0 Å². The standard InChI is InChI=1S/C21H28N2O/c24-21(22-13-16-23-14-7-8-15-23)20(19-11-5-2-6-12-19)17-18-9-3-1-4-10-18/h2,5-8,11-12,14-15,18,20H,1,3-4,9-10,13,16-17H2,(H,22,24). The van der Waals surface area contributed by atoms with Crippen molar-refractivity contribution in [2.75, 3.05) is 6.54 Å². The molecule has 1 atom stereocenters. The molecule has 0 radical (unpaired) electrons. The number of rotatable bonds is 7. The number of aromatic nitrogens is 1. The van der Waals surface area contributed by atoms with E-state index in [0.717, 1.165) is 18.5 Å². The van der Waals surface area contributed by atoms with Gasteiger partial charge in [0, 0.05) is 25.5 Å². The minimum atomic E-state index is -0.0148. The molecule has 3 nitrogen and oxygen atoms in total. The molecule has 0 bridgehead atoms. The second-order valence-electron chi connectivity index (χ2n) is 6.91. The van der Waals surface area contributed by atoms with E-state index < -0.39 is 0 Å². The number of hydrogen-bond acceptors (Lipinski definition) is 1. The van der Waals surface area contributed by atoms with Crippen molar-refractivity contribution in [3.8, 4) is 0 Å². The SMILES string of the molecule is O=C(NCCn1cccc1)C(CC1CCCCC1)c1ccccc1. The molecule has 1 aromatic heterocycles. The van der Waals surface area contributed by atoms with E-state index in [2.05, 4.69) is 22.0 Å². The van der Waals surface area contributed by atoms with Gasteiger partial charge in [-0.2, -0.15) is 0 Å². The molecule has 0 spiro atoms. The number of nitrogens with one attached hydrogen (secondary N) is 1. The third-order valence-corrected chi connectivity index (χ3v) is 5.15. The maximum atomic E-state index is 12.8. The Hall–Kier alpha value is -2.03. The fourth-order valence-electron chi connectivity index (χ4n) is 3.79. The third kappa shape index (κ3) is 4.73. The quantitative estimate of drug-likeness (QED) is 0.807. The minimum Gasteiger partial charge on any atom is -0.354 e. The van der Waals surface area contributed by atoms with Crippen LogP contribution in [0.4, 0.5) is 0 Å². The number of nitrogens with zero attached hydrogens (tertiary/aromatic N) is 1. The average Bonchev–Trinajstić information content (AvgIpc) is 3.15. The first-order chi connectivity index (χ1) is 11.8. The zero-order valence-electron chi connectivity index (χ0n) is 14.4. The largest absolute Gasteiger partial charge is 0.354 e. The highest BCUT2D eigenvalue weighted by molar-refractivity contribution is 5.83. The topological polar surface area (TPSA) is 34.0 Å². The molecule has 128 valence electrons. The first-order valence-electron chi connectivity index (χ1n) is 9.26. The average molecular weight is 324 g/mol. The fraction of sp³-hybridized carbons (Fsp3) is 0.476. The molecule has 3 rings (SSSR count). The molecule has 1 amide bonds. The predicted molar refractivity (Wildman–Crippen MR) is 97.8 cm³/mol. The van der Waals surface area contributed by atoms with Crippen LogP contribution in [0, 0.1) is 5.92 Å². The Kier molecular flexibility index (Phi) is 6.11. The van der Waals surface area contributed by atoms with E-state index in [0.29, 0.717) is 12.5 Å². The highest BCUT2D eigenvalue weighted by Crippen LogP contribution is 2.33. The molecule has 1 fully saturated rings. The summed E-state index contributed by atoms with van der Waals surface area (Å²) in [5.41, 5.74) is 1.15. The molecule has 1 aliphatic rings. The van der Waals surface area contributed by atoms with Gasteiger partial charge >= 0.3 is 0 Å². The predicted octanol–water partition coefficient (Wildman–Crippen LogP) is 4.36. The van der Waals surface area contributed by atoms with E-state index in [1.54, 1.807) is 0 Å². The van der Waals surface area contributed by atoms with Gasteiger partial charge in [0.2, 0.25) is 5.91 Å². The van der Waals surface area contributed by atoms with Crippen LogP contribution in [0.15, 0.2) is 54.9 Å². The van der Waals surface area contributed by atoms with Gasteiger partial charge < -0.3 is 9.88 Å². The number of carbonyl (C=O) groups is 1. The number of amides is 1. The van der Waals surface area contributed by atoms with Gasteiger partial charge in [-0.05, 0) is 30.0 Å². The van der Waals surface area contributed by atoms with Gasteiger partial charge in [0.1, 0.15) is 0 Å². The lowest BCUT2D eigenvalue weighted by Gasteiger charge is -2.26. The Bertz CT molecular complexity index is 600. The van der Waals surface area contributed by atoms with E-state index in [9.17, 15) is 4.79 Å². The second kappa shape index (κ2) is 8.72. The first kappa shape index (κ1) is 16.8. The summed E-state index contributed by atoms with van der Waals surface area (Å²) in [7, 11) is 0. The molecule has 1 unspecified atom stereocenters. The molecule has 3 heteroatoms. The van der Waals surface area contributed by atoms with Crippen molar-refractivity contribution in [2.24, 2.45) is 5.92 Å². The van der Waals surface area contributed by atoms with Crippen LogP contribution < -0.4 is 5.32 Å². The van der Waals surface area contributed by atoms with E-state index in [4.69, 9.17) is 0 Å². The lowest BCUT2D eigenvalue weighted by molar-refractivity contribution is -0.123. The smallest absolute Gasteiger partial charge is 0.227 e. The maximum absolute atomic E-state index is 12.8. The lowest BCUT2D eigenvalue weighted by atomic mass is 9.80. The summed E-state index contributed by atoms with van der Waals surface area (Å²) in [5, 5.41) is 3.15. The summed E-state index contributed by atoms with van der Waals surface area (Å²) in [4.78, 5) is 12.8. The van der Waals surface area contributed by atoms with Crippen molar-refractivity contribution in [1.82, 2.24) is 9.88 Å². The van der Waals surface area contributed by atoms with E-state index in [1.807, 2.05) is 42.7 Å². The Morgan fingerprint density at radius 1 is 1.04 bits per heavy atom. The van der Waals surface area contributed by atoms with Gasteiger partial charge in [-0.25, -0.2) is 0 Å². The van der Waals surface area contributed by atoms with E-state index in [-0.39, 0.29) is 11.8 Å². The van der Waals surface area contributed by atoms with Crippen molar-refractivity contribution in [1.29, 1.82) is 0 Å². The molecule has 1 saturated carbocycles. The highest BCUT2D eigenvalue weighted by atomic mass is 16.1. The molecule has 1 aromatic carbocycles. The Morgan fingerprint density at radius 3 is 2.46 bits per heavy atom. The Balaban J connectivity index is 1.60. The van der Waals surface area contributed by atoms with Crippen LogP contribution in [0.25, 0.3) is 0 Å².